The number of likely N-dealkylation sites (tertiary alicyclic amines) is 1. The van der Waals surface area contributed by atoms with E-state index in [2.05, 4.69) is 0 Å². The van der Waals surface area contributed by atoms with Crippen LogP contribution in [0.25, 0.3) is 0 Å². The lowest BCUT2D eigenvalue weighted by Crippen LogP contribution is -2.33. The van der Waals surface area contributed by atoms with Crippen molar-refractivity contribution in [2.45, 2.75) is 12.6 Å². The van der Waals surface area contributed by atoms with E-state index in [0.717, 1.165) is 13.0 Å². The number of halogens is 1. The molecule has 1 unspecified atom stereocenters. The van der Waals surface area contributed by atoms with Crippen LogP contribution in [0.3, 0.4) is 0 Å². The highest BCUT2D eigenvalue weighted by Crippen LogP contribution is 2.08. The zero-order valence-electron chi connectivity index (χ0n) is 5.10. The Balaban J connectivity index is 2.23. The van der Waals surface area contributed by atoms with Gasteiger partial charge in [0, 0.05) is 6.54 Å². The Hall–Kier alpha value is -0.110. The van der Waals surface area contributed by atoms with Crippen molar-refractivity contribution in [3.8, 4) is 0 Å². The number of alkyl halides is 1. The van der Waals surface area contributed by atoms with Gasteiger partial charge in [-0.05, 0) is 26.4 Å². The molecular weight excluding hydrogens is 105 g/mol. The first kappa shape index (κ1) is 6.02. The van der Waals surface area contributed by atoms with Crippen molar-refractivity contribution >= 4 is 0 Å². The summed E-state index contributed by atoms with van der Waals surface area (Å²) in [6.45, 7) is 1.60. The minimum absolute atomic E-state index is 0.583. The van der Waals surface area contributed by atoms with Gasteiger partial charge in [-0.25, -0.2) is 4.39 Å². The number of nitrogens with zero attached hydrogens (tertiary/aromatic N) is 1. The van der Waals surface area contributed by atoms with Crippen molar-refractivity contribution in [3.05, 3.63) is 6.42 Å². The van der Waals surface area contributed by atoms with Gasteiger partial charge >= 0.3 is 0 Å². The van der Waals surface area contributed by atoms with Crippen LogP contribution in [-0.4, -0.2) is 31.2 Å². The van der Waals surface area contributed by atoms with E-state index in [1.807, 2.05) is 11.9 Å². The highest BCUT2D eigenvalue weighted by molar-refractivity contribution is 4.83. The van der Waals surface area contributed by atoms with E-state index in [1.165, 1.54) is 0 Å². The Kier molecular flexibility index (Phi) is 1.84. The maximum Gasteiger partial charge on any atom is 0.116 e. The van der Waals surface area contributed by atoms with Crippen LogP contribution in [0.15, 0.2) is 0 Å². The Bertz CT molecular complexity index is 66.9. The number of hydrogen-bond acceptors (Lipinski definition) is 1. The van der Waals surface area contributed by atoms with E-state index in [0.29, 0.717) is 6.54 Å². The molecule has 8 heavy (non-hydrogen) atoms. The molecule has 47 valence electrons. The second-order valence-corrected chi connectivity index (χ2v) is 2.30. The van der Waals surface area contributed by atoms with E-state index in [1.54, 1.807) is 6.42 Å². The van der Waals surface area contributed by atoms with Gasteiger partial charge in [0.25, 0.3) is 0 Å². The van der Waals surface area contributed by atoms with Crippen molar-refractivity contribution in [1.82, 2.24) is 4.90 Å². The van der Waals surface area contributed by atoms with Gasteiger partial charge in [-0.2, -0.15) is 0 Å². The van der Waals surface area contributed by atoms with E-state index in [4.69, 9.17) is 0 Å². The average molecular weight is 116 g/mol. The fourth-order valence-electron chi connectivity index (χ4n) is 0.939. The third-order valence-electron chi connectivity index (χ3n) is 1.42. The van der Waals surface area contributed by atoms with Crippen LogP contribution >= 0.6 is 0 Å². The molecule has 1 atom stereocenters. The Morgan fingerprint density at radius 3 is 2.88 bits per heavy atom. The quantitative estimate of drug-likeness (QED) is 0.454. The average Bonchev–Trinajstić information content (AvgIpc) is 1.64. The first-order valence-corrected chi connectivity index (χ1v) is 2.95. The van der Waals surface area contributed by atoms with E-state index in [9.17, 15) is 4.39 Å². The highest BCUT2D eigenvalue weighted by Gasteiger charge is 2.14. The van der Waals surface area contributed by atoms with Crippen LogP contribution in [-0.2, 0) is 0 Å². The van der Waals surface area contributed by atoms with Gasteiger partial charge in [0.15, 0.2) is 0 Å². The lowest BCUT2D eigenvalue weighted by Gasteiger charge is -2.23. The number of rotatable bonds is 0. The second-order valence-electron chi connectivity index (χ2n) is 2.30. The largest absolute Gasteiger partial charge is 0.303 e. The molecule has 1 aliphatic heterocycles. The van der Waals surface area contributed by atoms with Crippen molar-refractivity contribution in [2.24, 2.45) is 0 Å². The van der Waals surface area contributed by atoms with Gasteiger partial charge in [-0.1, -0.05) is 0 Å². The molecule has 1 fully saturated rings. The third kappa shape index (κ3) is 1.44. The summed E-state index contributed by atoms with van der Waals surface area (Å²) in [7, 11) is 1.94. The molecule has 0 amide bonds. The normalized spacial score (nSPS) is 33.0. The fraction of sp³-hybridized carbons (Fsp3) is 0.833. The highest BCUT2D eigenvalue weighted by atomic mass is 19.1. The van der Waals surface area contributed by atoms with E-state index in [-0.39, 0.29) is 0 Å². The summed E-state index contributed by atoms with van der Waals surface area (Å²) in [5.41, 5.74) is 0. The van der Waals surface area contributed by atoms with Crippen molar-refractivity contribution in [2.75, 3.05) is 20.1 Å². The zero-order chi connectivity index (χ0) is 5.98. The monoisotopic (exact) mass is 116 g/mol. The van der Waals surface area contributed by atoms with Gasteiger partial charge in [-0.3, -0.25) is 0 Å². The molecule has 0 bridgehead atoms. The molecule has 1 saturated heterocycles. The first-order chi connectivity index (χ1) is 3.79. The molecule has 1 radical (unpaired) electrons. The number of piperidine rings is 1. The minimum Gasteiger partial charge on any atom is -0.303 e. The van der Waals surface area contributed by atoms with Gasteiger partial charge in [-0.15, -0.1) is 0 Å². The van der Waals surface area contributed by atoms with Crippen LogP contribution in [0.4, 0.5) is 4.39 Å². The molecule has 2 heteroatoms. The van der Waals surface area contributed by atoms with Gasteiger partial charge in [0.2, 0.25) is 0 Å². The summed E-state index contributed by atoms with van der Waals surface area (Å²) >= 11 is 0. The van der Waals surface area contributed by atoms with Crippen molar-refractivity contribution in [3.63, 3.8) is 0 Å². The predicted octanol–water partition coefficient (Wildman–Crippen LogP) is 0.864. The first-order valence-electron chi connectivity index (χ1n) is 2.95. The maximum atomic E-state index is 12.3. The van der Waals surface area contributed by atoms with Gasteiger partial charge in [0.05, 0.1) is 0 Å². The molecule has 0 N–H and O–H groups in total. The summed E-state index contributed by atoms with van der Waals surface area (Å²) in [4.78, 5) is 2.00. The molecule has 1 rings (SSSR count). The van der Waals surface area contributed by atoms with Crippen LogP contribution in [0, 0.1) is 6.42 Å². The number of hydrogen-bond donors (Lipinski definition) is 0. The summed E-state index contributed by atoms with van der Waals surface area (Å²) in [6.07, 6.45) is 1.95. The smallest absolute Gasteiger partial charge is 0.116 e. The summed E-state index contributed by atoms with van der Waals surface area (Å²) in [6, 6.07) is 0. The lowest BCUT2D eigenvalue weighted by molar-refractivity contribution is 0.206. The Morgan fingerprint density at radius 2 is 2.50 bits per heavy atom. The molecule has 0 aromatic rings. The molecule has 1 heterocycles. The zero-order valence-corrected chi connectivity index (χ0v) is 5.10. The molecule has 0 aliphatic carbocycles. The lowest BCUT2D eigenvalue weighted by atomic mass is 10.1. The van der Waals surface area contributed by atoms with Crippen molar-refractivity contribution in [1.29, 1.82) is 0 Å². The molecular formula is C6H11FN. The molecule has 1 aliphatic rings. The molecule has 1 nitrogen and oxygen atoms in total. The summed E-state index contributed by atoms with van der Waals surface area (Å²) < 4.78 is 12.3. The van der Waals surface area contributed by atoms with E-state index >= 15 is 0 Å². The minimum atomic E-state index is -0.686. The van der Waals surface area contributed by atoms with Crippen LogP contribution < -0.4 is 0 Å². The summed E-state index contributed by atoms with van der Waals surface area (Å²) in [5.74, 6) is 0. The summed E-state index contributed by atoms with van der Waals surface area (Å²) in [5, 5.41) is 0. The van der Waals surface area contributed by atoms with Crippen LogP contribution in [0.5, 0.6) is 0 Å². The molecule has 0 spiro atoms. The topological polar surface area (TPSA) is 3.24 Å². The van der Waals surface area contributed by atoms with E-state index < -0.39 is 6.17 Å². The molecule has 0 aromatic carbocycles. The van der Waals surface area contributed by atoms with Gasteiger partial charge in [0.1, 0.15) is 6.17 Å². The standard InChI is InChI=1S/C6H11FN/c1-8-4-2-3-6(7)5-8/h3,6H,2,4-5H2,1H3. The fourth-order valence-corrected chi connectivity index (χ4v) is 0.939. The molecule has 0 saturated carbocycles. The maximum absolute atomic E-state index is 12.3. The molecule has 0 aromatic heterocycles. The third-order valence-corrected chi connectivity index (χ3v) is 1.42. The van der Waals surface area contributed by atoms with Gasteiger partial charge < -0.3 is 4.90 Å². The SMILES string of the molecule is CN1CC[CH]C(F)C1. The van der Waals surface area contributed by atoms with Crippen LogP contribution in [0.2, 0.25) is 0 Å². The second kappa shape index (κ2) is 2.44. The van der Waals surface area contributed by atoms with Crippen LogP contribution in [0.1, 0.15) is 6.42 Å². The van der Waals surface area contributed by atoms with Crippen molar-refractivity contribution < 1.29 is 4.39 Å². The predicted molar refractivity (Wildman–Crippen MR) is 31.3 cm³/mol. The Morgan fingerprint density at radius 1 is 1.75 bits per heavy atom. The Labute approximate surface area is 49.5 Å².